The fourth-order valence-corrected chi connectivity index (χ4v) is 8.33. The van der Waals surface area contributed by atoms with Crippen molar-refractivity contribution >= 4 is 22.3 Å². The van der Waals surface area contributed by atoms with Crippen molar-refractivity contribution in [2.75, 3.05) is 49.1 Å². The Morgan fingerprint density at radius 2 is 1.90 bits per heavy atom. The zero-order valence-corrected chi connectivity index (χ0v) is 23.9. The van der Waals surface area contributed by atoms with Crippen molar-refractivity contribution in [3.05, 3.63) is 47.4 Å². The van der Waals surface area contributed by atoms with E-state index in [1.54, 1.807) is 18.2 Å². The van der Waals surface area contributed by atoms with E-state index in [2.05, 4.69) is 20.0 Å². The summed E-state index contributed by atoms with van der Waals surface area (Å²) in [5, 5.41) is 15.4. The number of nitrogens with zero attached hydrogens (tertiary/aromatic N) is 5. The minimum absolute atomic E-state index is 0.111. The van der Waals surface area contributed by atoms with Crippen molar-refractivity contribution in [1.82, 2.24) is 20.2 Å². The molecule has 3 aromatic rings. The average Bonchev–Trinajstić information content (AvgIpc) is 3.55. The molecule has 6 heterocycles. The van der Waals surface area contributed by atoms with Gasteiger partial charge in [-0.05, 0) is 62.6 Å². The van der Waals surface area contributed by atoms with Gasteiger partial charge in [0.2, 0.25) is 0 Å². The normalized spacial score (nSPS) is 29.1. The lowest BCUT2D eigenvalue weighted by Crippen LogP contribution is -2.51. The molecular weight excluding hydrogens is 538 g/mol. The lowest BCUT2D eigenvalue weighted by Gasteiger charge is -2.35. The number of benzene rings is 2. The van der Waals surface area contributed by atoms with Crippen molar-refractivity contribution in [3.63, 3.8) is 0 Å². The van der Waals surface area contributed by atoms with Crippen LogP contribution in [0.1, 0.15) is 49.8 Å². The van der Waals surface area contributed by atoms with Gasteiger partial charge in [-0.2, -0.15) is 9.97 Å². The number of phenols is 1. The third-order valence-corrected chi connectivity index (χ3v) is 10.2. The summed E-state index contributed by atoms with van der Waals surface area (Å²) < 4.78 is 36.0. The number of phenolic OH excluding ortho intramolecular Hbond substituents is 1. The molecule has 42 heavy (non-hydrogen) atoms. The summed E-state index contributed by atoms with van der Waals surface area (Å²) in [4.78, 5) is 16.8. The van der Waals surface area contributed by atoms with E-state index in [9.17, 15) is 9.50 Å². The van der Waals surface area contributed by atoms with E-state index >= 15 is 4.39 Å². The van der Waals surface area contributed by atoms with Crippen LogP contribution < -0.4 is 19.9 Å². The molecule has 0 saturated carbocycles. The Bertz CT molecular complexity index is 1510. The summed E-state index contributed by atoms with van der Waals surface area (Å²) in [6, 6.07) is 9.48. The van der Waals surface area contributed by atoms with Gasteiger partial charge in [-0.3, -0.25) is 4.90 Å². The Hall–Kier alpha value is -3.24. The standard InChI is InChI=1S/C32H38F2N6O2/c33-21-14-32(9-3-11-40(32)15-21)19-42-31-36-27-18-38(28-13-24(41)12-20-4-1-6-26(34)29(20)28)10-2-5-25(27)30(37-31)39-16-22-7-8-23(17-39)35-22/h1,4,6,12-13,21-23,35,41H,2-3,5,7-11,14-19H2/t21-,22-,23+,32+/m1/s1. The van der Waals surface area contributed by atoms with Crippen LogP contribution in [0, 0.1) is 5.82 Å². The number of aromatic nitrogens is 2. The van der Waals surface area contributed by atoms with Crippen molar-refractivity contribution in [1.29, 1.82) is 0 Å². The fourth-order valence-electron chi connectivity index (χ4n) is 8.33. The zero-order chi connectivity index (χ0) is 28.4. The number of hydrogen-bond donors (Lipinski definition) is 2. The molecule has 4 atom stereocenters. The first-order valence-corrected chi connectivity index (χ1v) is 15.5. The van der Waals surface area contributed by atoms with Gasteiger partial charge in [0, 0.05) is 61.7 Å². The van der Waals surface area contributed by atoms with Gasteiger partial charge >= 0.3 is 6.01 Å². The average molecular weight is 577 g/mol. The second kappa shape index (κ2) is 10.2. The Balaban J connectivity index is 1.17. The van der Waals surface area contributed by atoms with Crippen molar-refractivity contribution in [2.45, 2.75) is 75.3 Å². The predicted molar refractivity (Wildman–Crippen MR) is 158 cm³/mol. The van der Waals surface area contributed by atoms with Crippen LogP contribution in [0.15, 0.2) is 30.3 Å². The van der Waals surface area contributed by atoms with Crippen LogP contribution >= 0.6 is 0 Å². The maximum Gasteiger partial charge on any atom is 0.318 e. The number of alkyl halides is 1. The van der Waals surface area contributed by atoms with Crippen LogP contribution in [0.25, 0.3) is 10.8 Å². The molecule has 1 aromatic heterocycles. The molecule has 2 N–H and O–H groups in total. The zero-order valence-electron chi connectivity index (χ0n) is 23.9. The third kappa shape index (κ3) is 4.54. The highest BCUT2D eigenvalue weighted by molar-refractivity contribution is 5.96. The maximum atomic E-state index is 15.2. The van der Waals surface area contributed by atoms with E-state index in [0.717, 1.165) is 62.4 Å². The molecule has 5 aliphatic heterocycles. The number of halogens is 2. The van der Waals surface area contributed by atoms with Gasteiger partial charge in [-0.1, -0.05) is 12.1 Å². The monoisotopic (exact) mass is 576 g/mol. The lowest BCUT2D eigenvalue weighted by molar-refractivity contribution is 0.107. The lowest BCUT2D eigenvalue weighted by atomic mass is 9.95. The van der Waals surface area contributed by atoms with Gasteiger partial charge in [-0.25, -0.2) is 8.78 Å². The quantitative estimate of drug-likeness (QED) is 0.465. The highest BCUT2D eigenvalue weighted by Crippen LogP contribution is 2.41. The highest BCUT2D eigenvalue weighted by Gasteiger charge is 2.49. The minimum atomic E-state index is -0.820. The van der Waals surface area contributed by atoms with Gasteiger partial charge in [0.1, 0.15) is 30.2 Å². The van der Waals surface area contributed by atoms with E-state index in [-0.39, 0.29) is 17.1 Å². The van der Waals surface area contributed by atoms with E-state index in [1.165, 1.54) is 18.9 Å². The van der Waals surface area contributed by atoms with Gasteiger partial charge in [0.05, 0.1) is 23.5 Å². The molecule has 0 spiro atoms. The van der Waals surface area contributed by atoms with Crippen molar-refractivity contribution in [2.24, 2.45) is 0 Å². The second-order valence-corrected chi connectivity index (χ2v) is 13.0. The summed E-state index contributed by atoms with van der Waals surface area (Å²) in [5.41, 5.74) is 2.39. The molecule has 2 aromatic carbocycles. The molecule has 0 unspecified atom stereocenters. The SMILES string of the molecule is Oc1cc(N2CCCc3c(nc(OC[C@@]45CCCN4C[C@H](F)C5)nc3N3C[C@H]4CC[C@@H](C3)N4)C2)c2c(F)cccc2c1. The number of piperazine rings is 1. The van der Waals surface area contributed by atoms with Crippen LogP contribution in [0.2, 0.25) is 0 Å². The van der Waals surface area contributed by atoms with E-state index in [4.69, 9.17) is 14.7 Å². The molecular formula is C32H38F2N6O2. The number of rotatable bonds is 5. The summed E-state index contributed by atoms with van der Waals surface area (Å²) >= 11 is 0. The van der Waals surface area contributed by atoms with Crippen LogP contribution in [0.3, 0.4) is 0 Å². The molecule has 222 valence electrons. The molecule has 8 rings (SSSR count). The summed E-state index contributed by atoms with van der Waals surface area (Å²) in [7, 11) is 0. The first kappa shape index (κ1) is 26.4. The third-order valence-electron chi connectivity index (χ3n) is 10.2. The molecule has 0 amide bonds. The van der Waals surface area contributed by atoms with E-state index in [1.807, 2.05) is 6.07 Å². The Labute approximate surface area is 244 Å². The minimum Gasteiger partial charge on any atom is -0.508 e. The first-order chi connectivity index (χ1) is 20.4. The number of hydrogen-bond acceptors (Lipinski definition) is 8. The van der Waals surface area contributed by atoms with Crippen LogP contribution in [-0.2, 0) is 13.0 Å². The summed E-state index contributed by atoms with van der Waals surface area (Å²) in [5.74, 6) is 0.746. The highest BCUT2D eigenvalue weighted by atomic mass is 19.1. The molecule has 0 aliphatic carbocycles. The Kier molecular flexibility index (Phi) is 6.40. The summed E-state index contributed by atoms with van der Waals surface area (Å²) in [6.45, 7) is 4.71. The molecule has 5 aliphatic rings. The van der Waals surface area contributed by atoms with Gasteiger partial charge in [0.15, 0.2) is 0 Å². The van der Waals surface area contributed by atoms with Gasteiger partial charge in [0.25, 0.3) is 0 Å². The molecule has 4 fully saturated rings. The first-order valence-electron chi connectivity index (χ1n) is 15.5. The number of ether oxygens (including phenoxy) is 1. The fraction of sp³-hybridized carbons (Fsp3) is 0.562. The predicted octanol–water partition coefficient (Wildman–Crippen LogP) is 4.32. The van der Waals surface area contributed by atoms with E-state index in [0.29, 0.717) is 67.2 Å². The van der Waals surface area contributed by atoms with Gasteiger partial charge in [-0.15, -0.1) is 0 Å². The van der Waals surface area contributed by atoms with Crippen LogP contribution in [0.5, 0.6) is 11.8 Å². The second-order valence-electron chi connectivity index (χ2n) is 13.0. The number of fused-ring (bicyclic) bond motifs is 5. The van der Waals surface area contributed by atoms with Crippen LogP contribution in [0.4, 0.5) is 20.3 Å². The van der Waals surface area contributed by atoms with Gasteiger partial charge < -0.3 is 25.0 Å². The number of anilines is 2. The molecule has 4 saturated heterocycles. The number of nitrogens with one attached hydrogen (secondary N) is 1. The molecule has 0 radical (unpaired) electrons. The van der Waals surface area contributed by atoms with Crippen molar-refractivity contribution < 1.29 is 18.6 Å². The topological polar surface area (TPSA) is 77.0 Å². The Morgan fingerprint density at radius 3 is 2.76 bits per heavy atom. The van der Waals surface area contributed by atoms with Crippen LogP contribution in [-0.4, -0.2) is 83.1 Å². The van der Waals surface area contributed by atoms with E-state index < -0.39 is 6.17 Å². The molecule has 2 bridgehead atoms. The molecule has 8 nitrogen and oxygen atoms in total. The maximum absolute atomic E-state index is 15.2. The Morgan fingerprint density at radius 1 is 1.05 bits per heavy atom. The largest absolute Gasteiger partial charge is 0.508 e. The number of aromatic hydroxyl groups is 1. The van der Waals surface area contributed by atoms with Crippen molar-refractivity contribution in [3.8, 4) is 11.8 Å². The summed E-state index contributed by atoms with van der Waals surface area (Å²) in [6.07, 6.45) is 5.66. The molecule has 10 heteroatoms. The smallest absolute Gasteiger partial charge is 0.318 e.